The Morgan fingerprint density at radius 2 is 1.79 bits per heavy atom. The zero-order chi connectivity index (χ0) is 20.8. The number of aromatic nitrogens is 2. The summed E-state index contributed by atoms with van der Waals surface area (Å²) in [6.07, 6.45) is 2.21. The van der Waals surface area contributed by atoms with Gasteiger partial charge in [0, 0.05) is 45.1 Å². The van der Waals surface area contributed by atoms with Crippen LogP contribution in [0.25, 0.3) is 5.65 Å². The highest BCUT2D eigenvalue weighted by atomic mass is 32.2. The van der Waals surface area contributed by atoms with Crippen LogP contribution in [0.15, 0.2) is 23.1 Å². The van der Waals surface area contributed by atoms with Crippen molar-refractivity contribution in [2.75, 3.05) is 18.8 Å². The van der Waals surface area contributed by atoms with Crippen LogP contribution in [-0.4, -0.2) is 57.7 Å². The van der Waals surface area contributed by atoms with Crippen LogP contribution in [0.3, 0.4) is 0 Å². The van der Waals surface area contributed by atoms with Crippen LogP contribution < -0.4 is 5.56 Å². The zero-order valence-electron chi connectivity index (χ0n) is 15.5. The fraction of sp³-hybridized carbons (Fsp3) is 0.444. The van der Waals surface area contributed by atoms with E-state index in [-0.39, 0.29) is 56.3 Å². The van der Waals surface area contributed by atoms with Crippen molar-refractivity contribution >= 4 is 27.5 Å². The third-order valence-electron chi connectivity index (χ3n) is 5.25. The highest BCUT2D eigenvalue weighted by molar-refractivity contribution is 7.89. The zero-order valence-corrected chi connectivity index (χ0v) is 16.3. The molecule has 4 heterocycles. The van der Waals surface area contributed by atoms with Crippen molar-refractivity contribution < 1.29 is 22.4 Å². The summed E-state index contributed by atoms with van der Waals surface area (Å²) in [6.45, 7) is -0.241. The number of hydrogen-bond acceptors (Lipinski definition) is 6. The molecular formula is C18H19FN4O5S. The lowest BCUT2D eigenvalue weighted by atomic mass is 10.1. The van der Waals surface area contributed by atoms with Crippen LogP contribution in [0, 0.1) is 5.82 Å². The summed E-state index contributed by atoms with van der Waals surface area (Å²) in [5, 5.41) is 0. The van der Waals surface area contributed by atoms with Gasteiger partial charge in [-0.25, -0.2) is 17.8 Å². The van der Waals surface area contributed by atoms with E-state index in [0.29, 0.717) is 17.8 Å². The number of piperidine rings is 1. The summed E-state index contributed by atoms with van der Waals surface area (Å²) < 4.78 is 41.3. The Kier molecular flexibility index (Phi) is 4.95. The van der Waals surface area contributed by atoms with Gasteiger partial charge in [0.05, 0.1) is 17.0 Å². The standard InChI is InChI=1S/C18H19FN4O5S/c19-12-4-5-15-20-14-6-7-21(11-13(14)18(26)23(15)10-12)29(27,28)9-8-22-16(24)2-1-3-17(22)25/h4-5,10H,1-3,6-9,11H2. The first kappa shape index (κ1) is 19.6. The van der Waals surface area contributed by atoms with Crippen molar-refractivity contribution in [3.8, 4) is 0 Å². The van der Waals surface area contributed by atoms with Gasteiger partial charge in [-0.2, -0.15) is 4.31 Å². The Balaban J connectivity index is 1.56. The molecule has 0 saturated carbocycles. The summed E-state index contributed by atoms with van der Waals surface area (Å²) >= 11 is 0. The molecule has 0 bridgehead atoms. The second-order valence-corrected chi connectivity index (χ2v) is 9.20. The lowest BCUT2D eigenvalue weighted by Gasteiger charge is -2.29. The quantitative estimate of drug-likeness (QED) is 0.645. The van der Waals surface area contributed by atoms with E-state index in [4.69, 9.17) is 0 Å². The molecule has 0 radical (unpaired) electrons. The minimum atomic E-state index is -3.81. The first-order chi connectivity index (χ1) is 13.8. The van der Waals surface area contributed by atoms with Crippen LogP contribution in [0.5, 0.6) is 0 Å². The number of hydrogen-bond donors (Lipinski definition) is 0. The third kappa shape index (κ3) is 3.67. The normalized spacial score (nSPS) is 18.3. The summed E-state index contributed by atoms with van der Waals surface area (Å²) in [6, 6.07) is 2.60. The number of rotatable bonds is 4. The topological polar surface area (TPSA) is 109 Å². The molecule has 0 atom stereocenters. The molecule has 1 saturated heterocycles. The second-order valence-electron chi connectivity index (χ2n) is 7.11. The van der Waals surface area contributed by atoms with Crippen molar-refractivity contribution in [2.45, 2.75) is 32.2 Å². The SMILES string of the molecule is O=C1CCCC(=O)N1CCS(=O)(=O)N1CCc2nc3ccc(F)cn3c(=O)c2C1. The van der Waals surface area contributed by atoms with Crippen molar-refractivity contribution in [3.63, 3.8) is 0 Å². The molecule has 1 fully saturated rings. The molecule has 0 unspecified atom stereocenters. The van der Waals surface area contributed by atoms with Gasteiger partial charge in [0.15, 0.2) is 0 Å². The molecular weight excluding hydrogens is 403 g/mol. The van der Waals surface area contributed by atoms with Crippen molar-refractivity contribution in [3.05, 3.63) is 45.8 Å². The Hall–Kier alpha value is -2.66. The molecule has 0 aliphatic carbocycles. The van der Waals surface area contributed by atoms with E-state index in [0.717, 1.165) is 19.8 Å². The number of fused-ring (bicyclic) bond motifs is 2. The van der Waals surface area contributed by atoms with Crippen molar-refractivity contribution in [1.29, 1.82) is 0 Å². The van der Waals surface area contributed by atoms with Gasteiger partial charge in [-0.1, -0.05) is 0 Å². The smallest absolute Gasteiger partial charge is 0.262 e. The Labute approximate surface area is 165 Å². The average molecular weight is 422 g/mol. The summed E-state index contributed by atoms with van der Waals surface area (Å²) in [4.78, 5) is 41.8. The summed E-state index contributed by atoms with van der Waals surface area (Å²) in [5.74, 6) is -1.73. The predicted octanol–water partition coefficient (Wildman–Crippen LogP) is 0.0606. The number of pyridine rings is 1. The summed E-state index contributed by atoms with van der Waals surface area (Å²) in [5.41, 5.74) is 0.488. The first-order valence-corrected chi connectivity index (χ1v) is 10.9. The maximum absolute atomic E-state index is 13.5. The Bertz CT molecular complexity index is 1160. The largest absolute Gasteiger partial charge is 0.282 e. The maximum Gasteiger partial charge on any atom is 0.262 e. The number of nitrogens with zero attached hydrogens (tertiary/aromatic N) is 4. The average Bonchev–Trinajstić information content (AvgIpc) is 2.68. The van der Waals surface area contributed by atoms with Gasteiger partial charge < -0.3 is 0 Å². The fourth-order valence-corrected chi connectivity index (χ4v) is 5.04. The van der Waals surface area contributed by atoms with E-state index < -0.39 is 27.2 Å². The Morgan fingerprint density at radius 3 is 2.52 bits per heavy atom. The minimum Gasteiger partial charge on any atom is -0.282 e. The number of amides is 2. The van der Waals surface area contributed by atoms with E-state index in [1.165, 1.54) is 12.1 Å². The maximum atomic E-state index is 13.5. The molecule has 0 aromatic carbocycles. The number of likely N-dealkylation sites (tertiary alicyclic amines) is 1. The lowest BCUT2D eigenvalue weighted by Crippen LogP contribution is -2.46. The van der Waals surface area contributed by atoms with Gasteiger partial charge >= 0.3 is 0 Å². The van der Waals surface area contributed by atoms with E-state index >= 15 is 0 Å². The van der Waals surface area contributed by atoms with Crippen LogP contribution in [0.2, 0.25) is 0 Å². The first-order valence-electron chi connectivity index (χ1n) is 9.27. The van der Waals surface area contributed by atoms with Crippen LogP contribution in [0.1, 0.15) is 30.5 Å². The molecule has 2 amide bonds. The van der Waals surface area contributed by atoms with Crippen LogP contribution in [0.4, 0.5) is 4.39 Å². The minimum absolute atomic E-state index is 0.140. The number of carbonyl (C=O) groups is 2. The van der Waals surface area contributed by atoms with Crippen molar-refractivity contribution in [1.82, 2.24) is 18.6 Å². The van der Waals surface area contributed by atoms with E-state index in [1.807, 2.05) is 0 Å². The van der Waals surface area contributed by atoms with Gasteiger partial charge in [-0.05, 0) is 18.6 Å². The molecule has 0 N–H and O–H groups in total. The molecule has 29 heavy (non-hydrogen) atoms. The molecule has 2 aromatic heterocycles. The summed E-state index contributed by atoms with van der Waals surface area (Å²) in [7, 11) is -3.81. The molecule has 11 heteroatoms. The molecule has 0 spiro atoms. The monoisotopic (exact) mass is 422 g/mol. The van der Waals surface area contributed by atoms with Crippen LogP contribution >= 0.6 is 0 Å². The van der Waals surface area contributed by atoms with Gasteiger partial charge in [-0.15, -0.1) is 0 Å². The van der Waals surface area contributed by atoms with Gasteiger partial charge in [0.1, 0.15) is 11.5 Å². The Morgan fingerprint density at radius 1 is 1.07 bits per heavy atom. The van der Waals surface area contributed by atoms with E-state index in [9.17, 15) is 27.2 Å². The third-order valence-corrected chi connectivity index (χ3v) is 7.04. The number of carbonyl (C=O) groups excluding carboxylic acids is 2. The van der Waals surface area contributed by atoms with E-state index in [2.05, 4.69) is 4.98 Å². The van der Waals surface area contributed by atoms with Gasteiger partial charge in [-0.3, -0.25) is 23.7 Å². The molecule has 4 rings (SSSR count). The molecule has 2 aromatic rings. The number of imide groups is 1. The van der Waals surface area contributed by atoms with Crippen molar-refractivity contribution in [2.24, 2.45) is 0 Å². The molecule has 154 valence electrons. The van der Waals surface area contributed by atoms with Gasteiger partial charge in [0.2, 0.25) is 21.8 Å². The molecule has 9 nitrogen and oxygen atoms in total. The van der Waals surface area contributed by atoms with E-state index in [1.54, 1.807) is 0 Å². The highest BCUT2D eigenvalue weighted by Gasteiger charge is 2.32. The second kappa shape index (κ2) is 7.30. The predicted molar refractivity (Wildman–Crippen MR) is 99.9 cm³/mol. The number of sulfonamides is 1. The molecule has 2 aliphatic rings. The van der Waals surface area contributed by atoms with Gasteiger partial charge in [0.25, 0.3) is 5.56 Å². The fourth-order valence-electron chi connectivity index (χ4n) is 3.67. The molecule has 2 aliphatic heterocycles. The highest BCUT2D eigenvalue weighted by Crippen LogP contribution is 2.19. The lowest BCUT2D eigenvalue weighted by molar-refractivity contribution is -0.147. The van der Waals surface area contributed by atoms with Crippen LogP contribution in [-0.2, 0) is 32.6 Å². The number of halogens is 1.